The number of hydrogen-bond acceptors (Lipinski definition) is 4. The summed E-state index contributed by atoms with van der Waals surface area (Å²) < 4.78 is 46.0. The summed E-state index contributed by atoms with van der Waals surface area (Å²) in [5.74, 6) is -1.59. The van der Waals surface area contributed by atoms with Crippen LogP contribution in [0.2, 0.25) is 10.0 Å². The molecule has 156 valence electrons. The average molecular weight is 461 g/mol. The fraction of sp³-hybridized carbons (Fsp3) is 0.316. The van der Waals surface area contributed by atoms with E-state index in [2.05, 4.69) is 5.32 Å². The number of nitrogens with zero attached hydrogens (tertiary/aromatic N) is 1. The van der Waals surface area contributed by atoms with Gasteiger partial charge < -0.3 is 10.1 Å². The summed E-state index contributed by atoms with van der Waals surface area (Å²) in [6, 6.07) is 8.17. The van der Waals surface area contributed by atoms with Crippen LogP contribution in [0.15, 0.2) is 41.3 Å². The van der Waals surface area contributed by atoms with Crippen molar-refractivity contribution in [3.05, 3.63) is 52.3 Å². The van der Waals surface area contributed by atoms with E-state index in [4.69, 9.17) is 27.9 Å². The van der Waals surface area contributed by atoms with Crippen LogP contribution in [0.3, 0.4) is 0 Å². The molecule has 1 aliphatic rings. The summed E-state index contributed by atoms with van der Waals surface area (Å²) in [6.45, 7) is 0.190. The highest BCUT2D eigenvalue weighted by molar-refractivity contribution is 7.89. The SMILES string of the molecule is COc1ccc(F)cc1S(=O)(=O)N1CCCC(C(=O)Nc2cccc(Cl)c2Cl)C1. The van der Waals surface area contributed by atoms with Gasteiger partial charge in [0.05, 0.1) is 28.8 Å². The van der Waals surface area contributed by atoms with Gasteiger partial charge >= 0.3 is 0 Å². The molecule has 1 unspecified atom stereocenters. The van der Waals surface area contributed by atoms with Gasteiger partial charge in [-0.15, -0.1) is 0 Å². The minimum atomic E-state index is -4.04. The Labute approximate surface area is 178 Å². The van der Waals surface area contributed by atoms with E-state index in [-0.39, 0.29) is 34.7 Å². The van der Waals surface area contributed by atoms with Gasteiger partial charge in [0.2, 0.25) is 15.9 Å². The lowest BCUT2D eigenvalue weighted by Crippen LogP contribution is -2.43. The standard InChI is InChI=1S/C19H19Cl2FN2O4S/c1-28-16-8-7-13(22)10-17(16)29(26,27)24-9-3-4-12(11-24)19(25)23-15-6-2-5-14(20)18(15)21/h2,5-8,10,12H,3-4,9,11H2,1H3,(H,23,25). The van der Waals surface area contributed by atoms with Gasteiger partial charge in [-0.05, 0) is 43.2 Å². The minimum Gasteiger partial charge on any atom is -0.495 e. The van der Waals surface area contributed by atoms with Crippen molar-refractivity contribution < 1.29 is 22.3 Å². The predicted molar refractivity (Wildman–Crippen MR) is 110 cm³/mol. The third-order valence-electron chi connectivity index (χ3n) is 4.71. The molecular formula is C19H19Cl2FN2O4S. The lowest BCUT2D eigenvalue weighted by molar-refractivity contribution is -0.120. The number of benzene rings is 2. The number of amides is 1. The van der Waals surface area contributed by atoms with Crippen LogP contribution in [0.25, 0.3) is 0 Å². The summed E-state index contributed by atoms with van der Waals surface area (Å²) >= 11 is 12.1. The van der Waals surface area contributed by atoms with Gasteiger partial charge in [0.25, 0.3) is 0 Å². The largest absolute Gasteiger partial charge is 0.495 e. The molecule has 0 saturated carbocycles. The third-order valence-corrected chi connectivity index (χ3v) is 7.41. The van der Waals surface area contributed by atoms with E-state index in [1.807, 2.05) is 0 Å². The summed E-state index contributed by atoms with van der Waals surface area (Å²) in [5, 5.41) is 3.22. The number of hydrogen-bond donors (Lipinski definition) is 1. The molecule has 29 heavy (non-hydrogen) atoms. The van der Waals surface area contributed by atoms with Crippen LogP contribution < -0.4 is 10.1 Å². The molecule has 1 saturated heterocycles. The normalized spacial score (nSPS) is 17.7. The number of ether oxygens (including phenoxy) is 1. The van der Waals surface area contributed by atoms with Crippen molar-refractivity contribution in [1.82, 2.24) is 4.31 Å². The lowest BCUT2D eigenvalue weighted by atomic mass is 9.99. The van der Waals surface area contributed by atoms with E-state index in [1.165, 1.54) is 17.5 Å². The Bertz CT molecular complexity index is 1030. The van der Waals surface area contributed by atoms with Gasteiger partial charge in [-0.1, -0.05) is 29.3 Å². The zero-order valence-corrected chi connectivity index (χ0v) is 17.8. The molecule has 2 aromatic carbocycles. The molecule has 1 aliphatic heterocycles. The second-order valence-electron chi connectivity index (χ2n) is 6.59. The zero-order valence-electron chi connectivity index (χ0n) is 15.5. The van der Waals surface area contributed by atoms with Crippen LogP contribution in [0.4, 0.5) is 10.1 Å². The molecule has 2 aromatic rings. The molecule has 6 nitrogen and oxygen atoms in total. The topological polar surface area (TPSA) is 75.7 Å². The molecule has 1 N–H and O–H groups in total. The van der Waals surface area contributed by atoms with Crippen LogP contribution >= 0.6 is 23.2 Å². The molecular weight excluding hydrogens is 442 g/mol. The average Bonchev–Trinajstić information content (AvgIpc) is 2.71. The minimum absolute atomic E-state index is 0.0357. The summed E-state index contributed by atoms with van der Waals surface area (Å²) in [5.41, 5.74) is 0.357. The fourth-order valence-electron chi connectivity index (χ4n) is 3.20. The Hall–Kier alpha value is -1.87. The summed E-state index contributed by atoms with van der Waals surface area (Å²) in [4.78, 5) is 12.4. The highest BCUT2D eigenvalue weighted by atomic mass is 35.5. The van der Waals surface area contributed by atoms with E-state index in [0.717, 1.165) is 12.1 Å². The van der Waals surface area contributed by atoms with Gasteiger partial charge in [0.15, 0.2) is 0 Å². The predicted octanol–water partition coefficient (Wildman–Crippen LogP) is 4.18. The van der Waals surface area contributed by atoms with Crippen molar-refractivity contribution >= 4 is 44.8 Å². The monoisotopic (exact) mass is 460 g/mol. The third kappa shape index (κ3) is 4.66. The highest BCUT2D eigenvalue weighted by Gasteiger charge is 2.35. The van der Waals surface area contributed by atoms with Crippen molar-refractivity contribution in [2.75, 3.05) is 25.5 Å². The first-order valence-electron chi connectivity index (χ1n) is 8.82. The highest BCUT2D eigenvalue weighted by Crippen LogP contribution is 2.32. The number of carbonyl (C=O) groups is 1. The molecule has 1 heterocycles. The Morgan fingerprint density at radius 1 is 1.28 bits per heavy atom. The molecule has 3 rings (SSSR count). The van der Waals surface area contributed by atoms with E-state index in [1.54, 1.807) is 18.2 Å². The molecule has 0 radical (unpaired) electrons. The number of piperidine rings is 1. The number of anilines is 1. The fourth-order valence-corrected chi connectivity index (χ4v) is 5.24. The number of rotatable bonds is 5. The van der Waals surface area contributed by atoms with Crippen LogP contribution in [-0.4, -0.2) is 38.8 Å². The van der Waals surface area contributed by atoms with Crippen LogP contribution in [0.5, 0.6) is 5.75 Å². The van der Waals surface area contributed by atoms with Crippen LogP contribution in [0, 0.1) is 11.7 Å². The Morgan fingerprint density at radius 2 is 2.03 bits per heavy atom. The Kier molecular flexibility index (Phi) is 6.68. The molecule has 1 fully saturated rings. The van der Waals surface area contributed by atoms with Gasteiger partial charge in [0, 0.05) is 13.1 Å². The van der Waals surface area contributed by atoms with Crippen molar-refractivity contribution in [1.29, 1.82) is 0 Å². The number of nitrogens with one attached hydrogen (secondary N) is 1. The molecule has 1 amide bonds. The molecule has 0 aliphatic carbocycles. The summed E-state index contributed by atoms with van der Waals surface area (Å²) in [6.07, 6.45) is 0.995. The first-order valence-corrected chi connectivity index (χ1v) is 11.0. The van der Waals surface area contributed by atoms with Crippen molar-refractivity contribution in [2.45, 2.75) is 17.7 Å². The van der Waals surface area contributed by atoms with Crippen molar-refractivity contribution in [3.8, 4) is 5.75 Å². The quantitative estimate of drug-likeness (QED) is 0.725. The van der Waals surface area contributed by atoms with E-state index >= 15 is 0 Å². The molecule has 0 bridgehead atoms. The molecule has 0 spiro atoms. The van der Waals surface area contributed by atoms with E-state index in [0.29, 0.717) is 23.6 Å². The number of sulfonamides is 1. The second-order valence-corrected chi connectivity index (χ2v) is 9.28. The maximum Gasteiger partial charge on any atom is 0.246 e. The maximum atomic E-state index is 13.7. The van der Waals surface area contributed by atoms with Gasteiger partial charge in [-0.2, -0.15) is 4.31 Å². The molecule has 1 atom stereocenters. The van der Waals surface area contributed by atoms with Crippen molar-refractivity contribution in [2.24, 2.45) is 5.92 Å². The maximum absolute atomic E-state index is 13.7. The van der Waals surface area contributed by atoms with Crippen LogP contribution in [0.1, 0.15) is 12.8 Å². The van der Waals surface area contributed by atoms with Gasteiger partial charge in [0.1, 0.15) is 16.5 Å². The second kappa shape index (κ2) is 8.87. The number of halogens is 3. The first kappa shape index (κ1) is 21.8. The first-order chi connectivity index (χ1) is 13.7. The number of carbonyl (C=O) groups excluding carboxylic acids is 1. The van der Waals surface area contributed by atoms with Crippen molar-refractivity contribution in [3.63, 3.8) is 0 Å². The van der Waals surface area contributed by atoms with Gasteiger partial charge in [-0.3, -0.25) is 4.79 Å². The Morgan fingerprint density at radius 3 is 2.76 bits per heavy atom. The summed E-state index contributed by atoms with van der Waals surface area (Å²) in [7, 11) is -2.73. The molecule has 10 heteroatoms. The van der Waals surface area contributed by atoms with E-state index < -0.39 is 21.8 Å². The molecule has 0 aromatic heterocycles. The zero-order chi connectivity index (χ0) is 21.2. The Balaban J connectivity index is 1.80. The van der Waals surface area contributed by atoms with Gasteiger partial charge in [-0.25, -0.2) is 12.8 Å². The smallest absolute Gasteiger partial charge is 0.246 e. The van der Waals surface area contributed by atoms with E-state index in [9.17, 15) is 17.6 Å². The van der Waals surface area contributed by atoms with Crippen LogP contribution in [-0.2, 0) is 14.8 Å². The lowest BCUT2D eigenvalue weighted by Gasteiger charge is -2.31. The number of methoxy groups -OCH3 is 1.